The number of aromatic hydroxyl groups is 1. The molecule has 1 heterocycles. The Labute approximate surface area is 169 Å². The topological polar surface area (TPSA) is 45.5 Å². The van der Waals surface area contributed by atoms with Crippen molar-refractivity contribution >= 4 is 55.5 Å². The van der Waals surface area contributed by atoms with Crippen molar-refractivity contribution in [3.8, 4) is 16.3 Å². The molecule has 0 spiro atoms. The number of hydrogen-bond donors (Lipinski definition) is 1. The summed E-state index contributed by atoms with van der Waals surface area (Å²) in [6.07, 6.45) is 5.57. The first-order valence-electron chi connectivity index (χ1n) is 8.34. The van der Waals surface area contributed by atoms with Gasteiger partial charge >= 0.3 is 0 Å². The molecule has 27 heavy (non-hydrogen) atoms. The van der Waals surface area contributed by atoms with Crippen molar-refractivity contribution in [2.75, 3.05) is 0 Å². The van der Waals surface area contributed by atoms with Crippen LogP contribution in [-0.2, 0) is 0 Å². The number of allylic oxidation sites excluding steroid dienone is 1. The molecule has 0 saturated carbocycles. The summed E-state index contributed by atoms with van der Waals surface area (Å²) < 4.78 is 2.14. The molecule has 1 aromatic heterocycles. The normalized spacial score (nSPS) is 11.7. The van der Waals surface area contributed by atoms with E-state index in [0.717, 1.165) is 30.8 Å². The van der Waals surface area contributed by atoms with E-state index in [1.807, 2.05) is 72.8 Å². The monoisotopic (exact) mass is 434 g/mol. The second-order valence-corrected chi connectivity index (χ2v) is 7.83. The van der Waals surface area contributed by atoms with E-state index in [2.05, 4.69) is 25.9 Å². The van der Waals surface area contributed by atoms with Crippen molar-refractivity contribution in [2.45, 2.75) is 0 Å². The predicted octanol–water partition coefficient (Wildman–Crippen LogP) is 6.85. The van der Waals surface area contributed by atoms with Crippen molar-refractivity contribution in [1.82, 2.24) is 4.98 Å². The number of benzene rings is 3. The van der Waals surface area contributed by atoms with Gasteiger partial charge in [-0.15, -0.1) is 11.3 Å². The average molecular weight is 435 g/mol. The van der Waals surface area contributed by atoms with Gasteiger partial charge < -0.3 is 5.11 Å². The lowest BCUT2D eigenvalue weighted by molar-refractivity contribution is 0.477. The molecular weight excluding hydrogens is 420 g/mol. The highest BCUT2D eigenvalue weighted by Crippen LogP contribution is 2.36. The maximum atomic E-state index is 10.4. The van der Waals surface area contributed by atoms with Crippen LogP contribution in [0.5, 0.6) is 5.75 Å². The third-order valence-corrected chi connectivity index (χ3v) is 5.52. The predicted molar refractivity (Wildman–Crippen MR) is 118 cm³/mol. The number of para-hydroxylation sites is 1. The van der Waals surface area contributed by atoms with Crippen LogP contribution in [0, 0.1) is 0 Å². The Morgan fingerprint density at radius 1 is 1.00 bits per heavy atom. The van der Waals surface area contributed by atoms with E-state index >= 15 is 0 Å². The molecule has 0 aliphatic carbocycles. The number of aromatic nitrogens is 1. The Bertz CT molecular complexity index is 1130. The zero-order valence-electron chi connectivity index (χ0n) is 14.2. The van der Waals surface area contributed by atoms with Gasteiger partial charge in [-0.2, -0.15) is 0 Å². The smallest absolute Gasteiger partial charge is 0.128 e. The Hall–Kier alpha value is -2.76. The number of phenolic OH excluding ortho intramolecular Hbond substituents is 1. The highest BCUT2D eigenvalue weighted by atomic mass is 79.9. The molecule has 0 atom stereocenters. The molecule has 4 aromatic rings. The first-order chi connectivity index (χ1) is 13.2. The van der Waals surface area contributed by atoms with E-state index < -0.39 is 0 Å². The van der Waals surface area contributed by atoms with Crippen LogP contribution in [0.2, 0.25) is 0 Å². The maximum Gasteiger partial charge on any atom is 0.128 e. The second kappa shape index (κ2) is 7.86. The highest BCUT2D eigenvalue weighted by molar-refractivity contribution is 9.10. The minimum Gasteiger partial charge on any atom is -0.507 e. The van der Waals surface area contributed by atoms with Crippen molar-refractivity contribution in [3.05, 3.63) is 82.8 Å². The number of nitrogens with zero attached hydrogens (tertiary/aromatic N) is 2. The summed E-state index contributed by atoms with van der Waals surface area (Å²) in [5, 5.41) is 11.2. The van der Waals surface area contributed by atoms with E-state index in [1.54, 1.807) is 23.6 Å². The highest BCUT2D eigenvalue weighted by Gasteiger charge is 2.10. The summed E-state index contributed by atoms with van der Waals surface area (Å²) in [7, 11) is 0. The van der Waals surface area contributed by atoms with Crippen molar-refractivity contribution in [1.29, 1.82) is 0 Å². The lowest BCUT2D eigenvalue weighted by atomic mass is 10.2. The third kappa shape index (κ3) is 4.15. The number of halogens is 1. The van der Waals surface area contributed by atoms with Gasteiger partial charge in [0.05, 0.1) is 21.5 Å². The molecule has 132 valence electrons. The maximum absolute atomic E-state index is 10.4. The number of rotatable bonds is 4. The molecule has 0 unspecified atom stereocenters. The quantitative estimate of drug-likeness (QED) is 0.357. The van der Waals surface area contributed by atoms with E-state index in [-0.39, 0.29) is 5.75 Å². The molecule has 5 heteroatoms. The summed E-state index contributed by atoms with van der Waals surface area (Å²) in [5.41, 5.74) is 3.44. The van der Waals surface area contributed by atoms with Gasteiger partial charge in [0, 0.05) is 16.8 Å². The zero-order chi connectivity index (χ0) is 18.6. The summed E-state index contributed by atoms with van der Waals surface area (Å²) in [6.45, 7) is 0. The summed E-state index contributed by atoms with van der Waals surface area (Å²) in [5.74, 6) is 0.180. The van der Waals surface area contributed by atoms with Crippen molar-refractivity contribution in [3.63, 3.8) is 0 Å². The van der Waals surface area contributed by atoms with Crippen LogP contribution >= 0.6 is 27.3 Å². The van der Waals surface area contributed by atoms with Crippen LogP contribution in [0.3, 0.4) is 0 Å². The van der Waals surface area contributed by atoms with E-state index in [1.165, 1.54) is 0 Å². The standard InChI is InChI=1S/C22H15BrN2OS/c23-16-7-3-5-15(13-16)6-4-12-24-17-10-11-18(20(26)14-17)22-25-19-8-1-2-9-21(19)27-22/h1-14,26H. The largest absolute Gasteiger partial charge is 0.507 e. The lowest BCUT2D eigenvalue weighted by Gasteiger charge is -2.01. The van der Waals surface area contributed by atoms with Gasteiger partial charge in [0.25, 0.3) is 0 Å². The summed E-state index contributed by atoms with van der Waals surface area (Å²) >= 11 is 5.02. The van der Waals surface area contributed by atoms with Crippen LogP contribution in [0.25, 0.3) is 26.9 Å². The van der Waals surface area contributed by atoms with Crippen LogP contribution in [0.4, 0.5) is 5.69 Å². The van der Waals surface area contributed by atoms with E-state index in [0.29, 0.717) is 5.69 Å². The van der Waals surface area contributed by atoms with Gasteiger partial charge in [-0.1, -0.05) is 46.3 Å². The number of aliphatic imine (C=N–C) groups is 1. The van der Waals surface area contributed by atoms with Crippen molar-refractivity contribution in [2.24, 2.45) is 4.99 Å². The molecule has 3 aromatic carbocycles. The minimum absolute atomic E-state index is 0.180. The fourth-order valence-electron chi connectivity index (χ4n) is 2.66. The van der Waals surface area contributed by atoms with E-state index in [4.69, 9.17) is 0 Å². The Morgan fingerprint density at radius 3 is 2.70 bits per heavy atom. The van der Waals surface area contributed by atoms with E-state index in [9.17, 15) is 5.11 Å². The molecule has 0 aliphatic rings. The average Bonchev–Trinajstić information content (AvgIpc) is 3.09. The molecule has 4 rings (SSSR count). The summed E-state index contributed by atoms with van der Waals surface area (Å²) in [4.78, 5) is 8.98. The minimum atomic E-state index is 0.180. The van der Waals surface area contributed by atoms with Gasteiger partial charge in [0.1, 0.15) is 10.8 Å². The first kappa shape index (κ1) is 17.6. The number of thiazole rings is 1. The fraction of sp³-hybridized carbons (Fsp3) is 0. The molecule has 1 N–H and O–H groups in total. The van der Waals surface area contributed by atoms with Gasteiger partial charge in [-0.25, -0.2) is 4.98 Å². The lowest BCUT2D eigenvalue weighted by Crippen LogP contribution is -1.78. The molecule has 0 aliphatic heterocycles. The molecule has 0 radical (unpaired) electrons. The first-order valence-corrected chi connectivity index (χ1v) is 9.95. The van der Waals surface area contributed by atoms with Gasteiger partial charge in [-0.05, 0) is 48.0 Å². The molecule has 3 nitrogen and oxygen atoms in total. The fourth-order valence-corrected chi connectivity index (χ4v) is 4.08. The zero-order valence-corrected chi connectivity index (χ0v) is 16.6. The molecular formula is C22H15BrN2OS. The molecule has 0 amide bonds. The van der Waals surface area contributed by atoms with Gasteiger partial charge in [0.2, 0.25) is 0 Å². The van der Waals surface area contributed by atoms with Gasteiger partial charge in [0.15, 0.2) is 0 Å². The van der Waals surface area contributed by atoms with Crippen LogP contribution in [0.1, 0.15) is 5.56 Å². The number of phenols is 1. The number of hydrogen-bond acceptors (Lipinski definition) is 4. The van der Waals surface area contributed by atoms with Gasteiger partial charge in [-0.3, -0.25) is 4.99 Å². The van der Waals surface area contributed by atoms with Crippen molar-refractivity contribution < 1.29 is 5.11 Å². The van der Waals surface area contributed by atoms with Crippen LogP contribution in [0.15, 0.2) is 82.3 Å². The Morgan fingerprint density at radius 2 is 1.89 bits per heavy atom. The van der Waals surface area contributed by atoms with Crippen LogP contribution in [-0.4, -0.2) is 16.3 Å². The number of fused-ring (bicyclic) bond motifs is 1. The Kier molecular flexibility index (Phi) is 5.14. The molecule has 0 bridgehead atoms. The van der Waals surface area contributed by atoms with Crippen LogP contribution < -0.4 is 0 Å². The summed E-state index contributed by atoms with van der Waals surface area (Å²) in [6, 6.07) is 21.4. The molecule has 0 saturated heterocycles. The third-order valence-electron chi connectivity index (χ3n) is 3.95. The second-order valence-electron chi connectivity index (χ2n) is 5.88. The SMILES string of the molecule is Oc1cc(N=CC=Cc2cccc(Br)c2)ccc1-c1nc2ccccc2s1. The molecule has 0 fully saturated rings. The Balaban J connectivity index is 1.53.